The molecular formula is C44H72O6. The van der Waals surface area contributed by atoms with E-state index >= 15 is 0 Å². The molecule has 284 valence electrons. The molecule has 0 heterocycles. The molecule has 0 aromatic heterocycles. The molecule has 0 bridgehead atoms. The van der Waals surface area contributed by atoms with E-state index in [1.807, 2.05) is 6.08 Å². The summed E-state index contributed by atoms with van der Waals surface area (Å²) in [5, 5.41) is 0. The second-order valence-corrected chi connectivity index (χ2v) is 12.8. The zero-order valence-electron chi connectivity index (χ0n) is 32.1. The van der Waals surface area contributed by atoms with Gasteiger partial charge in [0.2, 0.25) is 0 Å². The molecule has 0 amide bonds. The van der Waals surface area contributed by atoms with Crippen molar-refractivity contribution < 1.29 is 28.6 Å². The summed E-state index contributed by atoms with van der Waals surface area (Å²) in [5.74, 6) is -1.12. The van der Waals surface area contributed by atoms with Crippen LogP contribution in [-0.4, -0.2) is 37.2 Å². The number of unbranched alkanes of at least 4 members (excludes halogenated alkanes) is 12. The SMILES string of the molecule is CC/C=C\C/C=C\C/C=C\CCCC(=O)OC(COC(=O)C/C=C\C/C=C\C/C=C\CC)COC(=O)CCCCCCCCCCCCCC. The Kier molecular flexibility index (Phi) is 36.2. The van der Waals surface area contributed by atoms with Crippen molar-refractivity contribution in [2.24, 2.45) is 0 Å². The van der Waals surface area contributed by atoms with Crippen LogP contribution in [0.2, 0.25) is 0 Å². The standard InChI is InChI=1S/C44H72O6/c1-4-7-10-13-16-19-21-23-25-28-31-34-37-43(46)49-40-41(39-48-42(45)36-33-30-27-24-18-15-12-9-6-3)50-44(47)38-35-32-29-26-22-20-17-14-11-8-5-2/h8-9,11-12,17-18,20,24,26,29-30,33,41H,4-7,10,13-16,19,21-23,25,27-28,31-32,34-40H2,1-3H3/b11-8-,12-9-,20-17-,24-18-,29-26-,33-30-. The van der Waals surface area contributed by atoms with Crippen molar-refractivity contribution >= 4 is 17.9 Å². The second kappa shape index (κ2) is 38.6. The fourth-order valence-corrected chi connectivity index (χ4v) is 5.05. The third kappa shape index (κ3) is 36.1. The molecule has 1 unspecified atom stereocenters. The van der Waals surface area contributed by atoms with Gasteiger partial charge >= 0.3 is 17.9 Å². The number of carbonyl (C=O) groups excluding carboxylic acids is 3. The Morgan fingerprint density at radius 3 is 1.38 bits per heavy atom. The van der Waals surface area contributed by atoms with E-state index in [2.05, 4.69) is 81.5 Å². The van der Waals surface area contributed by atoms with E-state index in [1.54, 1.807) is 6.08 Å². The zero-order valence-corrected chi connectivity index (χ0v) is 32.1. The summed E-state index contributed by atoms with van der Waals surface area (Å²) in [5.41, 5.74) is 0. The second-order valence-electron chi connectivity index (χ2n) is 12.8. The highest BCUT2D eigenvalue weighted by Gasteiger charge is 2.19. The van der Waals surface area contributed by atoms with Crippen molar-refractivity contribution in [3.8, 4) is 0 Å². The topological polar surface area (TPSA) is 78.9 Å². The van der Waals surface area contributed by atoms with Crippen LogP contribution >= 0.6 is 0 Å². The largest absolute Gasteiger partial charge is 0.462 e. The van der Waals surface area contributed by atoms with Crippen LogP contribution in [0.4, 0.5) is 0 Å². The molecule has 50 heavy (non-hydrogen) atoms. The Labute approximate surface area is 306 Å². The van der Waals surface area contributed by atoms with Gasteiger partial charge in [0.25, 0.3) is 0 Å². The van der Waals surface area contributed by atoms with E-state index in [-0.39, 0.29) is 38.0 Å². The van der Waals surface area contributed by atoms with E-state index in [9.17, 15) is 14.4 Å². The fraction of sp³-hybridized carbons (Fsp3) is 0.659. The smallest absolute Gasteiger partial charge is 0.309 e. The summed E-state index contributed by atoms with van der Waals surface area (Å²) in [4.78, 5) is 37.4. The van der Waals surface area contributed by atoms with Crippen LogP contribution in [0.25, 0.3) is 0 Å². The molecule has 0 aromatic carbocycles. The first-order chi connectivity index (χ1) is 24.5. The van der Waals surface area contributed by atoms with E-state index in [4.69, 9.17) is 14.2 Å². The lowest BCUT2D eigenvalue weighted by Crippen LogP contribution is -2.30. The zero-order chi connectivity index (χ0) is 36.6. The highest BCUT2D eigenvalue weighted by molar-refractivity contribution is 5.72. The minimum absolute atomic E-state index is 0.122. The van der Waals surface area contributed by atoms with Crippen LogP contribution in [0.1, 0.15) is 168 Å². The molecule has 0 saturated heterocycles. The normalized spacial score (nSPS) is 12.8. The van der Waals surface area contributed by atoms with Gasteiger partial charge in [0.15, 0.2) is 6.10 Å². The first-order valence-corrected chi connectivity index (χ1v) is 19.9. The molecule has 0 radical (unpaired) electrons. The number of hydrogen-bond donors (Lipinski definition) is 0. The average Bonchev–Trinajstić information content (AvgIpc) is 3.11. The molecule has 0 rings (SSSR count). The number of allylic oxidation sites excluding steroid dienone is 11. The Morgan fingerprint density at radius 1 is 0.440 bits per heavy atom. The lowest BCUT2D eigenvalue weighted by atomic mass is 10.0. The van der Waals surface area contributed by atoms with Gasteiger partial charge in [-0.25, -0.2) is 0 Å². The first-order valence-electron chi connectivity index (χ1n) is 19.9. The van der Waals surface area contributed by atoms with Gasteiger partial charge < -0.3 is 14.2 Å². The van der Waals surface area contributed by atoms with Crippen LogP contribution in [0.3, 0.4) is 0 Å². The number of rotatable bonds is 34. The third-order valence-electron chi connectivity index (χ3n) is 7.99. The van der Waals surface area contributed by atoms with Crippen molar-refractivity contribution in [2.45, 2.75) is 175 Å². The molecule has 0 aromatic rings. The minimum atomic E-state index is -0.831. The summed E-state index contributed by atoms with van der Waals surface area (Å²) in [6, 6.07) is 0. The van der Waals surface area contributed by atoms with Gasteiger partial charge in [-0.3, -0.25) is 14.4 Å². The Hall–Kier alpha value is -3.15. The summed E-state index contributed by atoms with van der Waals surface area (Å²) in [6.45, 7) is 6.21. The number of ether oxygens (including phenoxy) is 3. The monoisotopic (exact) mass is 697 g/mol. The van der Waals surface area contributed by atoms with E-state index < -0.39 is 12.1 Å². The maximum atomic E-state index is 12.6. The number of esters is 3. The molecule has 0 saturated carbocycles. The molecule has 0 aliphatic carbocycles. The summed E-state index contributed by atoms with van der Waals surface area (Å²) in [6.07, 6.45) is 46.4. The fourth-order valence-electron chi connectivity index (χ4n) is 5.05. The van der Waals surface area contributed by atoms with Gasteiger partial charge in [-0.05, 0) is 57.8 Å². The third-order valence-corrected chi connectivity index (χ3v) is 7.99. The predicted octanol–water partition coefficient (Wildman–Crippen LogP) is 12.4. The maximum Gasteiger partial charge on any atom is 0.309 e. The van der Waals surface area contributed by atoms with Crippen molar-refractivity contribution in [3.05, 3.63) is 72.9 Å². The molecule has 6 heteroatoms. The number of hydrogen-bond acceptors (Lipinski definition) is 6. The molecular weight excluding hydrogens is 624 g/mol. The first kappa shape index (κ1) is 46.9. The Balaban J connectivity index is 4.53. The predicted molar refractivity (Wildman–Crippen MR) is 210 cm³/mol. The van der Waals surface area contributed by atoms with Crippen molar-refractivity contribution in [1.82, 2.24) is 0 Å². The lowest BCUT2D eigenvalue weighted by Gasteiger charge is -2.18. The van der Waals surface area contributed by atoms with Gasteiger partial charge in [0.1, 0.15) is 13.2 Å². The van der Waals surface area contributed by atoms with E-state index in [0.717, 1.165) is 64.2 Å². The highest BCUT2D eigenvalue weighted by Crippen LogP contribution is 2.13. The van der Waals surface area contributed by atoms with Crippen LogP contribution in [0.15, 0.2) is 72.9 Å². The summed E-state index contributed by atoms with van der Waals surface area (Å²) >= 11 is 0. The van der Waals surface area contributed by atoms with Crippen molar-refractivity contribution in [1.29, 1.82) is 0 Å². The maximum absolute atomic E-state index is 12.6. The van der Waals surface area contributed by atoms with E-state index in [0.29, 0.717) is 12.8 Å². The molecule has 1 atom stereocenters. The number of carbonyl (C=O) groups is 3. The molecule has 6 nitrogen and oxygen atoms in total. The highest BCUT2D eigenvalue weighted by atomic mass is 16.6. The minimum Gasteiger partial charge on any atom is -0.462 e. The van der Waals surface area contributed by atoms with Gasteiger partial charge in [-0.2, -0.15) is 0 Å². The summed E-state index contributed by atoms with van der Waals surface area (Å²) in [7, 11) is 0. The Bertz CT molecular complexity index is 986. The average molecular weight is 697 g/mol. The molecule has 0 N–H and O–H groups in total. The van der Waals surface area contributed by atoms with Crippen molar-refractivity contribution in [2.75, 3.05) is 13.2 Å². The van der Waals surface area contributed by atoms with Gasteiger partial charge in [-0.1, -0.05) is 164 Å². The molecule has 0 aliphatic heterocycles. The van der Waals surface area contributed by atoms with Gasteiger partial charge in [0.05, 0.1) is 6.42 Å². The lowest BCUT2D eigenvalue weighted by molar-refractivity contribution is -0.166. The van der Waals surface area contributed by atoms with E-state index in [1.165, 1.54) is 57.8 Å². The van der Waals surface area contributed by atoms with Crippen LogP contribution in [-0.2, 0) is 28.6 Å². The molecule has 0 aliphatic rings. The molecule has 0 fully saturated rings. The van der Waals surface area contributed by atoms with Gasteiger partial charge in [0, 0.05) is 12.8 Å². The van der Waals surface area contributed by atoms with Crippen molar-refractivity contribution in [3.63, 3.8) is 0 Å². The van der Waals surface area contributed by atoms with Gasteiger partial charge in [-0.15, -0.1) is 0 Å². The summed E-state index contributed by atoms with van der Waals surface area (Å²) < 4.78 is 16.4. The quantitative estimate of drug-likeness (QED) is 0.0288. The Morgan fingerprint density at radius 2 is 0.860 bits per heavy atom. The van der Waals surface area contributed by atoms with Crippen LogP contribution in [0.5, 0.6) is 0 Å². The van der Waals surface area contributed by atoms with Crippen LogP contribution in [0, 0.1) is 0 Å². The van der Waals surface area contributed by atoms with Crippen LogP contribution < -0.4 is 0 Å². The molecule has 0 spiro atoms.